The van der Waals surface area contributed by atoms with Crippen molar-refractivity contribution in [2.24, 2.45) is 5.92 Å². The quantitative estimate of drug-likeness (QED) is 0.870. The van der Waals surface area contributed by atoms with Gasteiger partial charge in [0.1, 0.15) is 5.60 Å². The molecular weight excluding hydrogens is 280 g/mol. The maximum atomic E-state index is 12.2. The molecule has 2 aliphatic rings. The summed E-state index contributed by atoms with van der Waals surface area (Å²) in [6, 6.07) is 1.17. The number of ether oxygens (including phenoxy) is 2. The van der Waals surface area contributed by atoms with Crippen molar-refractivity contribution in [3.8, 4) is 0 Å². The molecule has 2 rings (SSSR count). The predicted molar refractivity (Wildman–Crippen MR) is 86.9 cm³/mol. The molecule has 5 nitrogen and oxygen atoms in total. The van der Waals surface area contributed by atoms with Crippen molar-refractivity contribution in [3.05, 3.63) is 0 Å². The van der Waals surface area contributed by atoms with Crippen LogP contribution in [0, 0.1) is 5.92 Å². The summed E-state index contributed by atoms with van der Waals surface area (Å²) in [6.45, 7) is 12.6. The van der Waals surface area contributed by atoms with E-state index in [0.29, 0.717) is 18.0 Å². The van der Waals surface area contributed by atoms with Crippen LogP contribution in [0.4, 0.5) is 4.79 Å². The molecule has 0 saturated carbocycles. The summed E-state index contributed by atoms with van der Waals surface area (Å²) < 4.78 is 11.0. The van der Waals surface area contributed by atoms with E-state index in [1.807, 2.05) is 25.7 Å². The number of carbonyl (C=O) groups is 1. The third-order valence-electron chi connectivity index (χ3n) is 4.67. The van der Waals surface area contributed by atoms with Crippen molar-refractivity contribution < 1.29 is 14.3 Å². The molecule has 0 aromatic heterocycles. The van der Waals surface area contributed by atoms with E-state index in [1.54, 1.807) is 0 Å². The van der Waals surface area contributed by atoms with Crippen molar-refractivity contribution in [3.63, 3.8) is 0 Å². The normalized spacial score (nSPS) is 31.1. The molecule has 0 spiro atoms. The van der Waals surface area contributed by atoms with Gasteiger partial charge in [-0.3, -0.25) is 0 Å². The molecule has 4 unspecified atom stereocenters. The van der Waals surface area contributed by atoms with Gasteiger partial charge in [0.15, 0.2) is 0 Å². The fourth-order valence-electron chi connectivity index (χ4n) is 3.37. The van der Waals surface area contributed by atoms with Crippen LogP contribution in [0.1, 0.15) is 53.9 Å². The Kier molecular flexibility index (Phi) is 5.72. The number of hydrogen-bond donors (Lipinski definition) is 1. The number of nitrogens with zero attached hydrogens (tertiary/aromatic N) is 1. The molecule has 22 heavy (non-hydrogen) atoms. The Morgan fingerprint density at radius 2 is 2.09 bits per heavy atom. The van der Waals surface area contributed by atoms with E-state index < -0.39 is 5.60 Å². The van der Waals surface area contributed by atoms with Crippen molar-refractivity contribution in [1.82, 2.24) is 10.2 Å². The van der Waals surface area contributed by atoms with Gasteiger partial charge in [-0.2, -0.15) is 0 Å². The molecule has 0 radical (unpaired) electrons. The van der Waals surface area contributed by atoms with Gasteiger partial charge in [0.2, 0.25) is 0 Å². The van der Waals surface area contributed by atoms with Gasteiger partial charge in [-0.1, -0.05) is 0 Å². The van der Waals surface area contributed by atoms with E-state index in [4.69, 9.17) is 9.47 Å². The Bertz CT molecular complexity index is 375. The standard InChI is InChI=1S/C17H32N2O3/c1-12-10-15(18-13(2)14-7-9-21-11-14)6-8-19(12)16(20)22-17(3,4)5/h12-15,18H,6-11H2,1-5H3. The van der Waals surface area contributed by atoms with Gasteiger partial charge in [0, 0.05) is 31.3 Å². The molecule has 2 fully saturated rings. The highest BCUT2D eigenvalue weighted by atomic mass is 16.6. The van der Waals surface area contributed by atoms with Crippen LogP contribution in [0.5, 0.6) is 0 Å². The van der Waals surface area contributed by atoms with E-state index in [0.717, 1.165) is 39.0 Å². The summed E-state index contributed by atoms with van der Waals surface area (Å²) in [7, 11) is 0. The SMILES string of the molecule is CC(NC1CCN(C(=O)OC(C)(C)C)C(C)C1)C1CCOC1. The minimum absolute atomic E-state index is 0.185. The molecule has 1 N–H and O–H groups in total. The first kappa shape index (κ1) is 17.5. The molecule has 2 aliphatic heterocycles. The lowest BCUT2D eigenvalue weighted by atomic mass is 9.94. The smallest absolute Gasteiger partial charge is 0.410 e. The van der Waals surface area contributed by atoms with Crippen molar-refractivity contribution >= 4 is 6.09 Å². The van der Waals surface area contributed by atoms with E-state index in [2.05, 4.69) is 19.2 Å². The van der Waals surface area contributed by atoms with Crippen LogP contribution < -0.4 is 5.32 Å². The van der Waals surface area contributed by atoms with Gasteiger partial charge >= 0.3 is 6.09 Å². The molecule has 5 heteroatoms. The fraction of sp³-hybridized carbons (Fsp3) is 0.941. The topological polar surface area (TPSA) is 50.8 Å². The molecule has 4 atom stereocenters. The summed E-state index contributed by atoms with van der Waals surface area (Å²) in [5.74, 6) is 0.624. The number of rotatable bonds is 3. The molecule has 0 aliphatic carbocycles. The highest BCUT2D eigenvalue weighted by Gasteiger charge is 2.33. The van der Waals surface area contributed by atoms with Crippen LogP contribution >= 0.6 is 0 Å². The Hall–Kier alpha value is -0.810. The maximum absolute atomic E-state index is 12.2. The minimum Gasteiger partial charge on any atom is -0.444 e. The Morgan fingerprint density at radius 3 is 2.64 bits per heavy atom. The van der Waals surface area contributed by atoms with Crippen molar-refractivity contribution in [2.45, 2.75) is 77.6 Å². The highest BCUT2D eigenvalue weighted by molar-refractivity contribution is 5.68. The average molecular weight is 312 g/mol. The van der Waals surface area contributed by atoms with E-state index in [9.17, 15) is 4.79 Å². The van der Waals surface area contributed by atoms with Crippen LogP contribution in [-0.2, 0) is 9.47 Å². The Balaban J connectivity index is 1.80. The minimum atomic E-state index is -0.428. The molecular formula is C17H32N2O3. The third kappa shape index (κ3) is 4.85. The van der Waals surface area contributed by atoms with Gasteiger partial charge < -0.3 is 19.7 Å². The summed E-state index contributed by atoms with van der Waals surface area (Å²) in [6.07, 6.45) is 2.94. The number of hydrogen-bond acceptors (Lipinski definition) is 4. The van der Waals surface area contributed by atoms with Crippen molar-refractivity contribution in [2.75, 3.05) is 19.8 Å². The zero-order valence-corrected chi connectivity index (χ0v) is 14.7. The lowest BCUT2D eigenvalue weighted by molar-refractivity contribution is 0.00877. The largest absolute Gasteiger partial charge is 0.444 e. The van der Waals surface area contributed by atoms with Crippen LogP contribution in [-0.4, -0.2) is 54.5 Å². The van der Waals surface area contributed by atoms with Gasteiger partial charge in [0.25, 0.3) is 0 Å². The summed E-state index contributed by atoms with van der Waals surface area (Å²) in [4.78, 5) is 14.1. The Morgan fingerprint density at radius 1 is 1.36 bits per heavy atom. The van der Waals surface area contributed by atoms with Crippen LogP contribution in [0.25, 0.3) is 0 Å². The Labute approximate surface area is 134 Å². The fourth-order valence-corrected chi connectivity index (χ4v) is 3.37. The first-order chi connectivity index (χ1) is 10.3. The van der Waals surface area contributed by atoms with E-state index >= 15 is 0 Å². The van der Waals surface area contributed by atoms with Crippen LogP contribution in [0.2, 0.25) is 0 Å². The third-order valence-corrected chi connectivity index (χ3v) is 4.67. The molecule has 0 aromatic carbocycles. The average Bonchev–Trinajstić information content (AvgIpc) is 2.90. The van der Waals surface area contributed by atoms with Gasteiger partial charge in [-0.25, -0.2) is 4.79 Å². The van der Waals surface area contributed by atoms with Crippen molar-refractivity contribution in [1.29, 1.82) is 0 Å². The second-order valence-corrected chi connectivity index (χ2v) is 7.82. The zero-order chi connectivity index (χ0) is 16.3. The van der Waals surface area contributed by atoms with E-state index in [1.165, 1.54) is 0 Å². The molecule has 1 amide bonds. The number of piperidine rings is 1. The van der Waals surface area contributed by atoms with Gasteiger partial charge in [-0.05, 0) is 59.8 Å². The molecule has 0 aromatic rings. The monoisotopic (exact) mass is 312 g/mol. The summed E-state index contributed by atoms with van der Waals surface area (Å²) in [5, 5.41) is 3.74. The first-order valence-electron chi connectivity index (χ1n) is 8.59. The zero-order valence-electron chi connectivity index (χ0n) is 14.7. The number of carbonyl (C=O) groups excluding carboxylic acids is 1. The lowest BCUT2D eigenvalue weighted by Gasteiger charge is -2.40. The van der Waals surface area contributed by atoms with E-state index in [-0.39, 0.29) is 12.1 Å². The van der Waals surface area contributed by atoms with Crippen LogP contribution in [0.3, 0.4) is 0 Å². The number of amides is 1. The molecule has 2 saturated heterocycles. The number of nitrogens with one attached hydrogen (secondary N) is 1. The predicted octanol–water partition coefficient (Wildman–Crippen LogP) is 2.79. The summed E-state index contributed by atoms with van der Waals surface area (Å²) >= 11 is 0. The lowest BCUT2D eigenvalue weighted by Crippen LogP contribution is -2.53. The summed E-state index contributed by atoms with van der Waals surface area (Å²) in [5.41, 5.74) is -0.428. The molecule has 128 valence electrons. The second kappa shape index (κ2) is 7.18. The van der Waals surface area contributed by atoms with Crippen LogP contribution in [0.15, 0.2) is 0 Å². The highest BCUT2D eigenvalue weighted by Crippen LogP contribution is 2.23. The first-order valence-corrected chi connectivity index (χ1v) is 8.59. The van der Waals surface area contributed by atoms with Gasteiger partial charge in [-0.15, -0.1) is 0 Å². The molecule has 2 heterocycles. The number of likely N-dealkylation sites (tertiary alicyclic amines) is 1. The second-order valence-electron chi connectivity index (χ2n) is 7.82. The van der Waals surface area contributed by atoms with Gasteiger partial charge in [0.05, 0.1) is 6.61 Å². The maximum Gasteiger partial charge on any atom is 0.410 e. The molecule has 0 bridgehead atoms.